The normalized spacial score (nSPS) is 19.0. The van der Waals surface area contributed by atoms with Gasteiger partial charge in [0.2, 0.25) is 0 Å². The lowest BCUT2D eigenvalue weighted by Gasteiger charge is -2.20. The first kappa shape index (κ1) is 14.0. The van der Waals surface area contributed by atoms with Crippen molar-refractivity contribution in [2.45, 2.75) is 18.2 Å². The Hall–Kier alpha value is -1.40. The number of carbonyl (C=O) groups excluding carboxylic acids is 1. The third-order valence-electron chi connectivity index (χ3n) is 3.07. The lowest BCUT2D eigenvalue weighted by atomic mass is 9.97. The fraction of sp³-hybridized carbons (Fsp3) is 0.333. The van der Waals surface area contributed by atoms with E-state index in [1.165, 1.54) is 19.2 Å². The molecule has 102 valence electrons. The molecule has 1 aliphatic heterocycles. The van der Waals surface area contributed by atoms with Crippen LogP contribution in [0.5, 0.6) is 0 Å². The summed E-state index contributed by atoms with van der Waals surface area (Å²) in [5, 5.41) is 3.22. The summed E-state index contributed by atoms with van der Waals surface area (Å²) in [7, 11) is -1.96. The van der Waals surface area contributed by atoms with Crippen LogP contribution >= 0.6 is 11.6 Å². The molecule has 0 saturated heterocycles. The summed E-state index contributed by atoms with van der Waals surface area (Å²) in [6.07, 6.45) is 0.254. The number of carbonyl (C=O) groups is 1. The number of oxime groups is 1. The molecule has 0 amide bonds. The molecule has 0 bridgehead atoms. The lowest BCUT2D eigenvalue weighted by molar-refractivity contribution is 0.108. The minimum absolute atomic E-state index is 0.0181. The summed E-state index contributed by atoms with van der Waals surface area (Å²) in [4.78, 5) is 16.2. The molecule has 0 unspecified atom stereocenters. The quantitative estimate of drug-likeness (QED) is 0.618. The molecule has 0 aliphatic carbocycles. The molecule has 1 aliphatic rings. The number of sulfone groups is 1. The van der Waals surface area contributed by atoms with Crippen LogP contribution in [0.2, 0.25) is 0 Å². The van der Waals surface area contributed by atoms with E-state index in [2.05, 4.69) is 5.16 Å². The smallest absolute Gasteiger partial charge is 0.252 e. The molecule has 0 N–H and O–H groups in total. The van der Waals surface area contributed by atoms with E-state index in [0.717, 1.165) is 0 Å². The zero-order chi connectivity index (χ0) is 14.2. The first-order valence-corrected chi connectivity index (χ1v) is 7.58. The molecule has 0 radical (unpaired) electrons. The first-order chi connectivity index (χ1) is 8.88. The van der Waals surface area contributed by atoms with Gasteiger partial charge in [-0.15, -0.1) is 0 Å². The van der Waals surface area contributed by atoms with Crippen molar-refractivity contribution in [1.29, 1.82) is 0 Å². The molecule has 2 rings (SSSR count). The lowest BCUT2D eigenvalue weighted by Crippen LogP contribution is -2.24. The van der Waals surface area contributed by atoms with Gasteiger partial charge in [0.25, 0.3) is 5.24 Å². The number of rotatable bonds is 2. The predicted octanol–water partition coefficient (Wildman–Crippen LogP) is 1.90. The van der Waals surface area contributed by atoms with Gasteiger partial charge in [-0.2, -0.15) is 0 Å². The second kappa shape index (κ2) is 4.94. The van der Waals surface area contributed by atoms with E-state index in [1.807, 2.05) is 0 Å². The van der Waals surface area contributed by atoms with E-state index in [4.69, 9.17) is 16.4 Å². The van der Waals surface area contributed by atoms with E-state index in [0.29, 0.717) is 16.8 Å². The van der Waals surface area contributed by atoms with Crippen molar-refractivity contribution in [3.8, 4) is 0 Å². The van der Waals surface area contributed by atoms with Gasteiger partial charge in [-0.3, -0.25) is 4.79 Å². The van der Waals surface area contributed by atoms with Crippen molar-refractivity contribution in [2.24, 2.45) is 5.16 Å². The Morgan fingerprint density at radius 1 is 1.42 bits per heavy atom. The van der Waals surface area contributed by atoms with Crippen LogP contribution in [0.15, 0.2) is 22.2 Å². The van der Waals surface area contributed by atoms with Crippen LogP contribution in [-0.4, -0.2) is 32.2 Å². The van der Waals surface area contributed by atoms with Gasteiger partial charge in [0.1, 0.15) is 7.11 Å². The van der Waals surface area contributed by atoms with Crippen molar-refractivity contribution >= 4 is 32.4 Å². The van der Waals surface area contributed by atoms with Gasteiger partial charge in [-0.05, 0) is 36.2 Å². The van der Waals surface area contributed by atoms with Gasteiger partial charge >= 0.3 is 0 Å². The minimum Gasteiger partial charge on any atom is -0.399 e. The average molecular weight is 302 g/mol. The summed E-state index contributed by atoms with van der Waals surface area (Å²) in [6, 6.07) is 2.83. The van der Waals surface area contributed by atoms with E-state index in [1.54, 1.807) is 6.92 Å². The Kier molecular flexibility index (Phi) is 3.64. The fourth-order valence-corrected chi connectivity index (χ4v) is 3.93. The van der Waals surface area contributed by atoms with Crippen molar-refractivity contribution in [3.63, 3.8) is 0 Å². The Morgan fingerprint density at radius 2 is 2.11 bits per heavy atom. The van der Waals surface area contributed by atoms with Gasteiger partial charge in [0, 0.05) is 17.5 Å². The monoisotopic (exact) mass is 301 g/mol. The van der Waals surface area contributed by atoms with Crippen LogP contribution in [-0.2, 0) is 14.7 Å². The number of hydrogen-bond acceptors (Lipinski definition) is 5. The zero-order valence-corrected chi connectivity index (χ0v) is 12.0. The molecule has 0 atom stereocenters. The Labute approximate surface area is 116 Å². The average Bonchev–Trinajstić information content (AvgIpc) is 2.33. The van der Waals surface area contributed by atoms with E-state index < -0.39 is 15.1 Å². The van der Waals surface area contributed by atoms with Crippen molar-refractivity contribution < 1.29 is 18.0 Å². The topological polar surface area (TPSA) is 72.8 Å². The highest BCUT2D eigenvalue weighted by molar-refractivity contribution is 7.91. The molecule has 1 aromatic carbocycles. The van der Waals surface area contributed by atoms with Crippen LogP contribution in [0.25, 0.3) is 0 Å². The molecule has 0 saturated carbocycles. The van der Waals surface area contributed by atoms with E-state index in [-0.39, 0.29) is 22.6 Å². The molecule has 0 aromatic heterocycles. The maximum Gasteiger partial charge on any atom is 0.252 e. The van der Waals surface area contributed by atoms with Gasteiger partial charge in [-0.25, -0.2) is 8.42 Å². The highest BCUT2D eigenvalue weighted by atomic mass is 35.5. The number of nitrogens with zero attached hydrogens (tertiary/aromatic N) is 1. The second-order valence-corrected chi connectivity index (χ2v) is 6.60. The predicted molar refractivity (Wildman–Crippen MR) is 71.6 cm³/mol. The fourth-order valence-electron chi connectivity index (χ4n) is 2.19. The summed E-state index contributed by atoms with van der Waals surface area (Å²) < 4.78 is 24.1. The standard InChI is InChI=1S/C12H12ClNO4S/c1-7-8(12(13)15)3-4-10-11(7)9(14-18-2)5-6-19(10,16)17/h3-4H,5-6H2,1-2H3/b14-9+. The van der Waals surface area contributed by atoms with Crippen LogP contribution in [0.3, 0.4) is 0 Å². The second-order valence-electron chi connectivity index (χ2n) is 4.17. The molecular weight excluding hydrogens is 290 g/mol. The molecule has 1 heterocycles. The van der Waals surface area contributed by atoms with Crippen LogP contribution < -0.4 is 0 Å². The minimum atomic E-state index is -3.35. The number of benzene rings is 1. The van der Waals surface area contributed by atoms with Crippen molar-refractivity contribution in [1.82, 2.24) is 0 Å². The maximum absolute atomic E-state index is 12.0. The number of halogens is 1. The van der Waals surface area contributed by atoms with Gasteiger partial charge in [0.15, 0.2) is 9.84 Å². The van der Waals surface area contributed by atoms with Gasteiger partial charge < -0.3 is 4.84 Å². The van der Waals surface area contributed by atoms with Crippen LogP contribution in [0.1, 0.15) is 27.9 Å². The Morgan fingerprint density at radius 3 is 2.68 bits per heavy atom. The van der Waals surface area contributed by atoms with Gasteiger partial charge in [-0.1, -0.05) is 5.16 Å². The highest BCUT2D eigenvalue weighted by Gasteiger charge is 2.31. The van der Waals surface area contributed by atoms with Crippen LogP contribution in [0.4, 0.5) is 0 Å². The van der Waals surface area contributed by atoms with Crippen molar-refractivity contribution in [3.05, 3.63) is 28.8 Å². The molecule has 0 fully saturated rings. The largest absolute Gasteiger partial charge is 0.399 e. The first-order valence-electron chi connectivity index (χ1n) is 5.55. The Balaban J connectivity index is 2.81. The number of hydrogen-bond donors (Lipinski definition) is 0. The summed E-state index contributed by atoms with van der Waals surface area (Å²) >= 11 is 5.49. The zero-order valence-electron chi connectivity index (χ0n) is 10.4. The highest BCUT2D eigenvalue weighted by Crippen LogP contribution is 2.30. The summed E-state index contributed by atoms with van der Waals surface area (Å²) in [5.74, 6) is -0.0181. The number of fused-ring (bicyclic) bond motifs is 1. The molecule has 5 nitrogen and oxygen atoms in total. The molecule has 7 heteroatoms. The SMILES string of the molecule is CO/N=C1\CCS(=O)(=O)c2ccc(C(=O)Cl)c(C)c21. The summed E-state index contributed by atoms with van der Waals surface area (Å²) in [6.45, 7) is 1.65. The van der Waals surface area contributed by atoms with E-state index in [9.17, 15) is 13.2 Å². The van der Waals surface area contributed by atoms with E-state index >= 15 is 0 Å². The maximum atomic E-state index is 12.0. The third kappa shape index (κ3) is 2.37. The molecular formula is C12H12ClNO4S. The van der Waals surface area contributed by atoms with Gasteiger partial charge in [0.05, 0.1) is 16.4 Å². The van der Waals surface area contributed by atoms with Crippen LogP contribution in [0, 0.1) is 6.92 Å². The molecule has 0 spiro atoms. The molecule has 1 aromatic rings. The molecule has 19 heavy (non-hydrogen) atoms. The van der Waals surface area contributed by atoms with Crippen molar-refractivity contribution in [2.75, 3.05) is 12.9 Å². The third-order valence-corrected chi connectivity index (χ3v) is 5.03. The summed E-state index contributed by atoms with van der Waals surface area (Å²) in [5.41, 5.74) is 1.74. The Bertz CT molecular complexity index is 679.